The molecule has 2 fully saturated rings. The molecule has 0 aliphatic carbocycles. The van der Waals surface area contributed by atoms with Gasteiger partial charge in [-0.1, -0.05) is 18.2 Å². The van der Waals surface area contributed by atoms with Crippen LogP contribution >= 0.6 is 0 Å². The summed E-state index contributed by atoms with van der Waals surface area (Å²) < 4.78 is 11.8. The van der Waals surface area contributed by atoms with Crippen molar-refractivity contribution in [1.29, 1.82) is 5.41 Å². The zero-order chi connectivity index (χ0) is 33.1. The predicted octanol–water partition coefficient (Wildman–Crippen LogP) is 2.80. The summed E-state index contributed by atoms with van der Waals surface area (Å²) in [5.74, 6) is 0.111. The number of nitrogen functional groups attached to an aromatic ring is 1. The van der Waals surface area contributed by atoms with Crippen LogP contribution in [0.5, 0.6) is 0 Å². The molecule has 0 saturated carbocycles. The number of carbonyl (C=O) groups excluding carboxylic acids is 2. The number of benzene rings is 1. The van der Waals surface area contributed by atoms with Crippen molar-refractivity contribution in [1.82, 2.24) is 24.6 Å². The van der Waals surface area contributed by atoms with E-state index in [1.54, 1.807) is 24.1 Å². The van der Waals surface area contributed by atoms with Gasteiger partial charge in [-0.15, -0.1) is 5.10 Å². The molecule has 0 spiro atoms. The van der Waals surface area contributed by atoms with E-state index >= 15 is 0 Å². The van der Waals surface area contributed by atoms with Crippen molar-refractivity contribution in [3.63, 3.8) is 0 Å². The number of anilines is 2. The number of nitrogens with two attached hydrogens (primary N) is 1. The number of pyridine rings is 1. The number of nitrogens with zero attached hydrogens (tertiary/aromatic N) is 6. The topological polar surface area (TPSA) is 164 Å². The van der Waals surface area contributed by atoms with Crippen molar-refractivity contribution in [2.24, 2.45) is 18.9 Å². The van der Waals surface area contributed by atoms with Crippen molar-refractivity contribution in [2.75, 3.05) is 63.1 Å². The first-order chi connectivity index (χ1) is 22.7. The molecule has 3 aromatic rings. The Balaban J connectivity index is 1.03. The minimum atomic E-state index is -0.503. The first-order valence-corrected chi connectivity index (χ1v) is 16.3. The largest absolute Gasteiger partial charge is 0.437 e. The maximum atomic E-state index is 13.7. The molecular formula is C34H42N8O5. The number of aromatic nitrogens is 3. The summed E-state index contributed by atoms with van der Waals surface area (Å²) in [5.41, 5.74) is 10.5. The summed E-state index contributed by atoms with van der Waals surface area (Å²) in [6.45, 7) is 6.21. The van der Waals surface area contributed by atoms with E-state index in [-0.39, 0.29) is 36.1 Å². The molecule has 0 radical (unpaired) electrons. The van der Waals surface area contributed by atoms with Gasteiger partial charge in [-0.25, -0.2) is 9.78 Å². The fraction of sp³-hybridized carbons (Fsp3) is 0.471. The molecule has 2 aromatic heterocycles. The van der Waals surface area contributed by atoms with Crippen LogP contribution in [0.25, 0.3) is 17.0 Å². The van der Waals surface area contributed by atoms with Crippen molar-refractivity contribution < 1.29 is 18.7 Å². The molecule has 47 heavy (non-hydrogen) atoms. The second kappa shape index (κ2) is 14.0. The highest BCUT2D eigenvalue weighted by Crippen LogP contribution is 2.28. The quantitative estimate of drug-likeness (QED) is 0.334. The highest BCUT2D eigenvalue weighted by Gasteiger charge is 2.34. The molecule has 13 nitrogen and oxygen atoms in total. The molecule has 2 amide bonds. The standard InChI is InChI=1S/C34H42N8O5/c1-3-42(28-9-8-27(35)31(37-28)30(36)24-13-18-46-19-14-24)33(44)26-10-15-40(20-26)21-29(43)41-16-11-23(12-17-41)22-4-6-25(7-5-22)32-38-39(2)34(45)47-32/h4-9,11,24,26,36H,3,10,12-21,35H2,1-2H3/t26-/m1/s1. The van der Waals surface area contributed by atoms with Crippen LogP contribution in [0.4, 0.5) is 11.5 Å². The van der Waals surface area contributed by atoms with E-state index in [1.165, 1.54) is 0 Å². The molecule has 2 saturated heterocycles. The van der Waals surface area contributed by atoms with Gasteiger partial charge in [0.2, 0.25) is 17.7 Å². The van der Waals surface area contributed by atoms with E-state index in [0.717, 1.165) is 40.6 Å². The Morgan fingerprint density at radius 3 is 2.45 bits per heavy atom. The van der Waals surface area contributed by atoms with Gasteiger partial charge >= 0.3 is 5.76 Å². The Morgan fingerprint density at radius 1 is 1.04 bits per heavy atom. The summed E-state index contributed by atoms with van der Waals surface area (Å²) >= 11 is 0. The highest BCUT2D eigenvalue weighted by atomic mass is 16.5. The number of nitrogens with one attached hydrogen (secondary N) is 1. The summed E-state index contributed by atoms with van der Waals surface area (Å²) in [6, 6.07) is 11.2. The number of amides is 2. The summed E-state index contributed by atoms with van der Waals surface area (Å²) in [6.07, 6.45) is 5.01. The maximum Gasteiger partial charge on any atom is 0.437 e. The van der Waals surface area contributed by atoms with Crippen LogP contribution in [0.15, 0.2) is 51.7 Å². The lowest BCUT2D eigenvalue weighted by Crippen LogP contribution is -2.42. The van der Waals surface area contributed by atoms with Crippen LogP contribution in [0.1, 0.15) is 43.9 Å². The van der Waals surface area contributed by atoms with Crippen LogP contribution < -0.4 is 16.4 Å². The van der Waals surface area contributed by atoms with Crippen LogP contribution in [0, 0.1) is 17.2 Å². The summed E-state index contributed by atoms with van der Waals surface area (Å²) in [4.78, 5) is 48.8. The van der Waals surface area contributed by atoms with E-state index in [1.807, 2.05) is 36.1 Å². The van der Waals surface area contributed by atoms with Gasteiger partial charge in [0.15, 0.2) is 0 Å². The average molecular weight is 643 g/mol. The minimum absolute atomic E-state index is 0.0231. The zero-order valence-electron chi connectivity index (χ0n) is 27.0. The van der Waals surface area contributed by atoms with E-state index in [9.17, 15) is 14.4 Å². The molecular weight excluding hydrogens is 600 g/mol. The van der Waals surface area contributed by atoms with Gasteiger partial charge < -0.3 is 25.2 Å². The zero-order valence-corrected chi connectivity index (χ0v) is 27.0. The SMILES string of the molecule is CCN(C(=O)[C@@H]1CCN(CC(=O)N2CC=C(c3ccc(-c4nn(C)c(=O)o4)cc3)CC2)C1)c1ccc(N)c(C(=N)C2CCOCC2)n1. The van der Waals surface area contributed by atoms with Crippen molar-refractivity contribution in [2.45, 2.75) is 32.6 Å². The molecule has 6 rings (SSSR count). The van der Waals surface area contributed by atoms with Gasteiger partial charge in [0.25, 0.3) is 0 Å². The molecule has 13 heteroatoms. The minimum Gasteiger partial charge on any atom is -0.397 e. The third-order valence-electron chi connectivity index (χ3n) is 9.39. The molecule has 0 unspecified atom stereocenters. The Hall–Kier alpha value is -4.62. The third kappa shape index (κ3) is 7.05. The Labute approximate surface area is 273 Å². The normalized spacial score (nSPS) is 19.1. The number of rotatable bonds is 9. The van der Waals surface area contributed by atoms with Crippen LogP contribution in [-0.4, -0.2) is 94.6 Å². The van der Waals surface area contributed by atoms with Gasteiger partial charge in [0.1, 0.15) is 11.5 Å². The number of aryl methyl sites for hydroxylation is 1. The van der Waals surface area contributed by atoms with E-state index in [4.69, 9.17) is 25.3 Å². The Morgan fingerprint density at radius 2 is 1.79 bits per heavy atom. The molecule has 248 valence electrons. The molecule has 5 heterocycles. The van der Waals surface area contributed by atoms with Gasteiger partial charge in [0, 0.05) is 57.9 Å². The number of hydrogen-bond acceptors (Lipinski definition) is 10. The summed E-state index contributed by atoms with van der Waals surface area (Å²) in [7, 11) is 1.55. The molecule has 0 bridgehead atoms. The molecule has 3 aliphatic rings. The maximum absolute atomic E-state index is 13.7. The molecule has 3 aliphatic heterocycles. The van der Waals surface area contributed by atoms with Gasteiger partial charge in [-0.2, -0.15) is 4.68 Å². The second-order valence-corrected chi connectivity index (χ2v) is 12.4. The smallest absolute Gasteiger partial charge is 0.397 e. The van der Waals surface area contributed by atoms with Crippen LogP contribution in [-0.2, 0) is 21.4 Å². The number of hydrogen-bond donors (Lipinski definition) is 2. The lowest BCUT2D eigenvalue weighted by atomic mass is 9.92. The molecule has 1 atom stereocenters. The van der Waals surface area contributed by atoms with Crippen molar-refractivity contribution in [3.8, 4) is 11.5 Å². The van der Waals surface area contributed by atoms with Gasteiger partial charge in [0.05, 0.1) is 23.9 Å². The molecule has 3 N–H and O–H groups in total. The lowest BCUT2D eigenvalue weighted by molar-refractivity contribution is -0.132. The predicted molar refractivity (Wildman–Crippen MR) is 178 cm³/mol. The van der Waals surface area contributed by atoms with Gasteiger partial charge in [-0.05, 0) is 74.6 Å². The lowest BCUT2D eigenvalue weighted by Gasteiger charge is -2.29. The summed E-state index contributed by atoms with van der Waals surface area (Å²) in [5, 5.41) is 12.8. The monoisotopic (exact) mass is 642 g/mol. The average Bonchev–Trinajstić information content (AvgIpc) is 3.71. The highest BCUT2D eigenvalue weighted by molar-refractivity contribution is 6.03. The number of carbonyl (C=O) groups is 2. The first kappa shape index (κ1) is 32.3. The van der Waals surface area contributed by atoms with Gasteiger partial charge in [-0.3, -0.25) is 19.4 Å². The molecule has 1 aromatic carbocycles. The second-order valence-electron chi connectivity index (χ2n) is 12.4. The fourth-order valence-corrected chi connectivity index (χ4v) is 6.57. The van der Waals surface area contributed by atoms with E-state index in [2.05, 4.69) is 16.1 Å². The number of likely N-dealkylation sites (tertiary alicyclic amines) is 1. The number of ether oxygens (including phenoxy) is 1. The van der Waals surface area contributed by atoms with E-state index < -0.39 is 5.76 Å². The van der Waals surface area contributed by atoms with Crippen molar-refractivity contribution in [3.05, 3.63) is 64.3 Å². The van der Waals surface area contributed by atoms with Crippen LogP contribution in [0.2, 0.25) is 0 Å². The third-order valence-corrected chi connectivity index (χ3v) is 9.39. The Bertz CT molecular complexity index is 1720. The first-order valence-electron chi connectivity index (χ1n) is 16.3. The van der Waals surface area contributed by atoms with Crippen LogP contribution in [0.3, 0.4) is 0 Å². The fourth-order valence-electron chi connectivity index (χ4n) is 6.57. The van der Waals surface area contributed by atoms with E-state index in [0.29, 0.717) is 75.3 Å². The Kier molecular flexibility index (Phi) is 9.64. The van der Waals surface area contributed by atoms with Crippen molar-refractivity contribution >= 4 is 34.6 Å².